The summed E-state index contributed by atoms with van der Waals surface area (Å²) in [5.74, 6) is -3.81. The summed E-state index contributed by atoms with van der Waals surface area (Å²) in [5, 5.41) is 44.7. The second kappa shape index (κ2) is 16.6. The highest BCUT2D eigenvalue weighted by Gasteiger charge is 2.53. The third kappa shape index (κ3) is 9.02. The first-order chi connectivity index (χ1) is 22.7. The molecule has 0 saturated carbocycles. The molecule has 14 nitrogen and oxygen atoms in total. The van der Waals surface area contributed by atoms with Crippen molar-refractivity contribution >= 4 is 11.8 Å². The molecule has 49 heavy (non-hydrogen) atoms. The molecule has 6 N–H and O–H groups in total. The fourth-order valence-electron chi connectivity index (χ4n) is 7.64. The highest BCUT2D eigenvalue weighted by Crippen LogP contribution is 2.40. The van der Waals surface area contributed by atoms with Crippen LogP contribution in [0.25, 0.3) is 0 Å². The van der Waals surface area contributed by atoms with Crippen molar-refractivity contribution in [2.24, 2.45) is 23.5 Å². The van der Waals surface area contributed by atoms with Crippen LogP contribution in [0.15, 0.2) is 0 Å². The van der Waals surface area contributed by atoms with Crippen LogP contribution < -0.4 is 5.73 Å². The highest BCUT2D eigenvalue weighted by atomic mass is 16.7. The number of aliphatic hydroxyl groups is 4. The van der Waals surface area contributed by atoms with Gasteiger partial charge in [0.25, 0.3) is 0 Å². The lowest BCUT2D eigenvalue weighted by atomic mass is 9.76. The SMILES string of the molecule is CC[C@H]1OC(=O)[C@H](C)[C@@H](O[C@H]2C[C@@](C)(OC)[C@@H](O)[C@H](C)O2)[C@H](C)[C@@H](O[C@@H]2O[C@H](C)C[C@H](N)[C@H]2O)[C@](C)(OC)CCC(=O)[C@H](C)C(O)[C@]1(C)O. The maximum atomic E-state index is 14.0. The Morgan fingerprint density at radius 3 is 2.08 bits per heavy atom. The van der Waals surface area contributed by atoms with Gasteiger partial charge >= 0.3 is 5.97 Å². The number of aliphatic hydroxyl groups excluding tert-OH is 3. The van der Waals surface area contributed by atoms with E-state index in [1.54, 1.807) is 41.5 Å². The van der Waals surface area contributed by atoms with Gasteiger partial charge in [-0.25, -0.2) is 0 Å². The average Bonchev–Trinajstić information content (AvgIpc) is 3.05. The number of cyclic esters (lactones) is 1. The summed E-state index contributed by atoms with van der Waals surface area (Å²) < 4.78 is 43.1. The van der Waals surface area contributed by atoms with Crippen molar-refractivity contribution in [1.29, 1.82) is 0 Å². The van der Waals surface area contributed by atoms with Gasteiger partial charge in [0.1, 0.15) is 29.7 Å². The lowest BCUT2D eigenvalue weighted by Gasteiger charge is -2.49. The van der Waals surface area contributed by atoms with Gasteiger partial charge in [0.05, 0.1) is 47.6 Å². The standard InChI is InChI=1S/C35H63NO13/c1-12-24-35(9,42)28(39)18(3)23(37)13-14-33(7,43-10)30(49-32-26(38)22(36)15-17(2)45-32)19(4)27(20(5)31(41)47-24)48-25-16-34(8,44-11)29(40)21(6)46-25/h17-22,24-30,32,38-40,42H,12-16,36H2,1-11H3/t17-,18+,19+,20-,21+,22+,24-,25+,26-,27+,28?,29+,30-,32+,33-,34-,35-/m1/s1. The van der Waals surface area contributed by atoms with Gasteiger partial charge in [-0.1, -0.05) is 20.8 Å². The Balaban J connectivity index is 2.17. The number of hydrogen-bond donors (Lipinski definition) is 5. The number of rotatable bonds is 7. The van der Waals surface area contributed by atoms with Crippen LogP contribution in [0.5, 0.6) is 0 Å². The first kappa shape index (κ1) is 42.1. The van der Waals surface area contributed by atoms with Crippen molar-refractivity contribution in [1.82, 2.24) is 0 Å². The molecule has 0 radical (unpaired) electrons. The molecule has 3 rings (SSSR count). The topological polar surface area (TPSA) is 206 Å². The normalized spacial score (nSPS) is 49.6. The van der Waals surface area contributed by atoms with E-state index < -0.39 is 102 Å². The third-order valence-electron chi connectivity index (χ3n) is 11.4. The molecule has 3 aliphatic rings. The maximum absolute atomic E-state index is 14.0. The van der Waals surface area contributed by atoms with Gasteiger partial charge in [-0.15, -0.1) is 0 Å². The van der Waals surface area contributed by atoms with E-state index in [0.717, 1.165) is 0 Å². The first-order valence-electron chi connectivity index (χ1n) is 17.6. The van der Waals surface area contributed by atoms with E-state index in [1.165, 1.54) is 28.1 Å². The zero-order valence-corrected chi connectivity index (χ0v) is 31.2. The Kier molecular flexibility index (Phi) is 14.2. The van der Waals surface area contributed by atoms with E-state index >= 15 is 0 Å². The monoisotopic (exact) mass is 705 g/mol. The molecule has 0 aromatic carbocycles. The average molecular weight is 706 g/mol. The van der Waals surface area contributed by atoms with Crippen LogP contribution >= 0.6 is 0 Å². The zero-order valence-electron chi connectivity index (χ0n) is 31.2. The van der Waals surface area contributed by atoms with Crippen LogP contribution in [0.4, 0.5) is 0 Å². The zero-order chi connectivity index (χ0) is 37.2. The number of Topliss-reactive ketones (excluding diaryl/α,β-unsaturated/α-hetero) is 1. The van der Waals surface area contributed by atoms with Crippen molar-refractivity contribution in [2.45, 2.75) is 179 Å². The Morgan fingerprint density at radius 2 is 1.51 bits per heavy atom. The molecule has 0 aliphatic carbocycles. The van der Waals surface area contributed by atoms with E-state index in [9.17, 15) is 30.0 Å². The van der Waals surface area contributed by atoms with Gasteiger partial charge in [0.15, 0.2) is 12.6 Å². The summed E-state index contributed by atoms with van der Waals surface area (Å²) in [6, 6.07) is -0.629. The molecule has 0 bridgehead atoms. The van der Waals surface area contributed by atoms with E-state index in [-0.39, 0.29) is 37.6 Å². The van der Waals surface area contributed by atoms with Crippen molar-refractivity contribution in [3.05, 3.63) is 0 Å². The number of ether oxygens (including phenoxy) is 7. The summed E-state index contributed by atoms with van der Waals surface area (Å²) in [5.41, 5.74) is 2.03. The summed E-state index contributed by atoms with van der Waals surface area (Å²) in [7, 11) is 2.97. The van der Waals surface area contributed by atoms with Gasteiger partial charge in [-0.05, 0) is 60.8 Å². The van der Waals surface area contributed by atoms with Gasteiger partial charge in [-0.3, -0.25) is 9.59 Å². The second-order valence-corrected chi connectivity index (χ2v) is 15.2. The van der Waals surface area contributed by atoms with Crippen LogP contribution in [-0.2, 0) is 42.7 Å². The second-order valence-electron chi connectivity index (χ2n) is 15.2. The molecule has 1 unspecified atom stereocenters. The summed E-state index contributed by atoms with van der Waals surface area (Å²) in [6.07, 6.45) is -9.23. The predicted octanol–water partition coefficient (Wildman–Crippen LogP) is 1.59. The van der Waals surface area contributed by atoms with Crippen molar-refractivity contribution in [3.63, 3.8) is 0 Å². The fraction of sp³-hybridized carbons (Fsp3) is 0.943. The summed E-state index contributed by atoms with van der Waals surface area (Å²) in [6.45, 7) is 15.1. The highest BCUT2D eigenvalue weighted by molar-refractivity contribution is 5.81. The minimum absolute atomic E-state index is 0.0553. The van der Waals surface area contributed by atoms with Gasteiger partial charge in [-0.2, -0.15) is 0 Å². The molecule has 3 fully saturated rings. The molecule has 17 atom stereocenters. The lowest BCUT2D eigenvalue weighted by Crippen LogP contribution is -2.61. The van der Waals surface area contributed by atoms with Crippen molar-refractivity contribution < 1.29 is 63.2 Å². The molecule has 3 heterocycles. The molecule has 0 aromatic rings. The molecule has 286 valence electrons. The van der Waals surface area contributed by atoms with Crippen LogP contribution in [0.3, 0.4) is 0 Å². The molecule has 3 saturated heterocycles. The Hall–Kier alpha value is -1.30. The van der Waals surface area contributed by atoms with Gasteiger partial charge < -0.3 is 59.3 Å². The van der Waals surface area contributed by atoms with Crippen LogP contribution in [-0.4, -0.2) is 131 Å². The number of methoxy groups -OCH3 is 2. The molecule has 0 aromatic heterocycles. The van der Waals surface area contributed by atoms with E-state index in [0.29, 0.717) is 6.42 Å². The van der Waals surface area contributed by atoms with Crippen LogP contribution in [0.2, 0.25) is 0 Å². The first-order valence-corrected chi connectivity index (χ1v) is 17.6. The lowest BCUT2D eigenvalue weighted by molar-refractivity contribution is -0.316. The Bertz CT molecular complexity index is 1110. The Morgan fingerprint density at radius 1 is 0.898 bits per heavy atom. The molecular weight excluding hydrogens is 642 g/mol. The minimum Gasteiger partial charge on any atom is -0.459 e. The third-order valence-corrected chi connectivity index (χ3v) is 11.4. The number of nitrogens with two attached hydrogens (primary N) is 1. The molecular formula is C35H63NO13. The number of ketones is 1. The molecule has 3 aliphatic heterocycles. The minimum atomic E-state index is -1.95. The van der Waals surface area contributed by atoms with E-state index in [1.807, 2.05) is 6.92 Å². The molecule has 0 amide bonds. The maximum Gasteiger partial charge on any atom is 0.311 e. The van der Waals surface area contributed by atoms with Crippen LogP contribution in [0, 0.1) is 17.8 Å². The predicted molar refractivity (Wildman–Crippen MR) is 177 cm³/mol. The molecule has 0 spiro atoms. The van der Waals surface area contributed by atoms with Crippen molar-refractivity contribution in [3.8, 4) is 0 Å². The number of hydrogen-bond acceptors (Lipinski definition) is 14. The largest absolute Gasteiger partial charge is 0.459 e. The summed E-state index contributed by atoms with van der Waals surface area (Å²) in [4.78, 5) is 27.6. The smallest absolute Gasteiger partial charge is 0.311 e. The number of carbonyl (C=O) groups excluding carboxylic acids is 2. The van der Waals surface area contributed by atoms with Gasteiger partial charge in [0.2, 0.25) is 0 Å². The van der Waals surface area contributed by atoms with Gasteiger partial charge in [0, 0.05) is 44.9 Å². The van der Waals surface area contributed by atoms with Crippen LogP contribution in [0.1, 0.15) is 94.4 Å². The van der Waals surface area contributed by atoms with E-state index in [4.69, 9.17) is 38.9 Å². The van der Waals surface area contributed by atoms with Crippen molar-refractivity contribution in [2.75, 3.05) is 14.2 Å². The summed E-state index contributed by atoms with van der Waals surface area (Å²) >= 11 is 0. The number of esters is 1. The van der Waals surface area contributed by atoms with E-state index in [2.05, 4.69) is 0 Å². The molecule has 14 heteroatoms. The quantitative estimate of drug-likeness (QED) is 0.239. The Labute approximate surface area is 291 Å². The number of carbonyl (C=O) groups is 2. The fourth-order valence-corrected chi connectivity index (χ4v) is 7.64.